The monoisotopic (exact) mass is 202 g/mol. The Hall–Kier alpha value is 2.11. The largest absolute Gasteiger partial charge is 0 e. The smallest absolute Gasteiger partial charge is 0 e. The van der Waals surface area contributed by atoms with Crippen molar-refractivity contribution in [1.29, 1.82) is 0 Å². The van der Waals surface area contributed by atoms with E-state index in [9.17, 15) is 0 Å². The molecule has 0 aromatic heterocycles. The van der Waals surface area contributed by atoms with Crippen LogP contribution in [0.2, 0.25) is 0 Å². The number of rotatable bonds is 0. The van der Waals surface area contributed by atoms with E-state index >= 15 is 0 Å². The molecule has 0 spiro atoms. The van der Waals surface area contributed by atoms with E-state index in [4.69, 9.17) is 3.40 Å². The standard InChI is InChI=1S/Mo.Na.O.Zn.H/q;+1;;;-1. The van der Waals surface area contributed by atoms with Crippen LogP contribution in [0.25, 0.3) is 0 Å². The van der Waals surface area contributed by atoms with E-state index in [0.29, 0.717) is 19.8 Å². The Morgan fingerprint density at radius 2 is 1.50 bits per heavy atom. The zero-order valence-electron chi connectivity index (χ0n) is 3.52. The molecule has 0 saturated heterocycles. The molecule has 0 aromatic rings. The molecule has 0 atom stereocenters. The Kier molecular flexibility index (Phi) is 79.9. The third kappa shape index (κ3) is 8.93. The van der Waals surface area contributed by atoms with Gasteiger partial charge in [-0.05, 0) is 0 Å². The molecule has 4 heavy (non-hydrogen) atoms. The minimum absolute atomic E-state index is 0. The first-order valence-corrected chi connectivity index (χ1v) is 0.986. The summed E-state index contributed by atoms with van der Waals surface area (Å²) in [6.45, 7) is 0. The quantitative estimate of drug-likeness (QED) is 0.382. The number of hydrogen-bond acceptors (Lipinski definition) is 1. The first-order valence-electron chi connectivity index (χ1n) is 0.167. The van der Waals surface area contributed by atoms with Gasteiger partial charge in [0, 0.05) is 19.5 Å². The van der Waals surface area contributed by atoms with E-state index in [1.54, 1.807) is 0 Å². The fraction of sp³-hybridized carbons (Fsp3) is 0. The van der Waals surface area contributed by atoms with Gasteiger partial charge >= 0.3 is 52.7 Å². The van der Waals surface area contributed by atoms with Crippen LogP contribution in [0, 0.1) is 0 Å². The fourth-order valence-corrected chi connectivity index (χ4v) is 0. The molecular weight excluding hydrogens is 200 g/mol. The van der Waals surface area contributed by atoms with Crippen LogP contribution in [0.5, 0.6) is 0 Å². The average molecular weight is 201 g/mol. The molecule has 0 amide bonds. The van der Waals surface area contributed by atoms with Gasteiger partial charge in [0.15, 0.2) is 0 Å². The van der Waals surface area contributed by atoms with E-state index in [2.05, 4.69) is 0 Å². The van der Waals surface area contributed by atoms with Crippen LogP contribution in [0.1, 0.15) is 1.43 Å². The zero-order valence-corrected chi connectivity index (χ0v) is 9.50. The molecule has 16 valence electrons. The molecule has 1 nitrogen and oxygen atoms in total. The molecule has 0 unspecified atom stereocenters. The Bertz CT molecular complexity index is 11.6. The fourth-order valence-electron chi connectivity index (χ4n) is 0. The molecule has 0 bridgehead atoms. The topological polar surface area (TPSA) is 17.1 Å². The third-order valence-electron chi connectivity index (χ3n) is 0. The van der Waals surface area contributed by atoms with Crippen molar-refractivity contribution >= 4 is 0 Å². The predicted molar refractivity (Wildman–Crippen MR) is 1.80 cm³/mol. The van der Waals surface area contributed by atoms with Crippen LogP contribution >= 0.6 is 0 Å². The molecule has 0 aliphatic rings. The summed E-state index contributed by atoms with van der Waals surface area (Å²) in [6.07, 6.45) is 0. The van der Waals surface area contributed by atoms with Crippen LogP contribution in [0.15, 0.2) is 0 Å². The van der Waals surface area contributed by atoms with Crippen LogP contribution in [-0.4, -0.2) is 0 Å². The first-order chi connectivity index (χ1) is 1.00. The van der Waals surface area contributed by atoms with E-state index in [0.717, 1.165) is 0 Å². The van der Waals surface area contributed by atoms with Gasteiger partial charge < -0.3 is 1.43 Å². The van der Waals surface area contributed by atoms with Gasteiger partial charge in [-0.1, -0.05) is 0 Å². The van der Waals surface area contributed by atoms with Gasteiger partial charge in [-0.3, -0.25) is 0 Å². The van der Waals surface area contributed by atoms with E-state index < -0.39 is 0 Å². The van der Waals surface area contributed by atoms with Gasteiger partial charge in [0.1, 0.15) is 0 Å². The third-order valence-corrected chi connectivity index (χ3v) is 0. The van der Waals surface area contributed by atoms with Crippen molar-refractivity contribution in [3.63, 3.8) is 0 Å². The molecule has 0 fully saturated rings. The van der Waals surface area contributed by atoms with Crippen molar-refractivity contribution in [2.24, 2.45) is 0 Å². The van der Waals surface area contributed by atoms with Gasteiger partial charge in [0.25, 0.3) is 0 Å². The Balaban J connectivity index is -0.00000000167. The van der Waals surface area contributed by atoms with Crippen molar-refractivity contribution < 1.29 is 73.6 Å². The second-order valence-corrected chi connectivity index (χ2v) is 0. The van der Waals surface area contributed by atoms with Crippen molar-refractivity contribution in [1.82, 2.24) is 0 Å². The molecular formula is HMoNaOZn. The molecule has 0 N–H and O–H groups in total. The maximum absolute atomic E-state index is 8.26. The minimum Gasteiger partial charge on any atom is 0 e. The van der Waals surface area contributed by atoms with Crippen molar-refractivity contribution in [3.8, 4) is 0 Å². The van der Waals surface area contributed by atoms with E-state index in [1.165, 1.54) is 0 Å². The SMILES string of the molecule is [H-].[Na+].[O]=[Mo].[Zn]. The Morgan fingerprint density at radius 3 is 1.50 bits per heavy atom. The summed E-state index contributed by atoms with van der Waals surface area (Å²) < 4.78 is 8.26. The summed E-state index contributed by atoms with van der Waals surface area (Å²) in [7, 11) is 0. The van der Waals surface area contributed by atoms with Crippen LogP contribution in [0.4, 0.5) is 0 Å². The summed E-state index contributed by atoms with van der Waals surface area (Å²) in [5, 5.41) is 0. The molecule has 0 rings (SSSR count). The Labute approximate surface area is 72.7 Å². The predicted octanol–water partition coefficient (Wildman–Crippen LogP) is -3.01. The van der Waals surface area contributed by atoms with Gasteiger partial charge in [-0.2, -0.15) is 0 Å². The summed E-state index contributed by atoms with van der Waals surface area (Å²) in [6, 6.07) is 0. The van der Waals surface area contributed by atoms with Gasteiger partial charge in [0.2, 0.25) is 0 Å². The maximum atomic E-state index is 8.26. The van der Waals surface area contributed by atoms with Gasteiger partial charge in [-0.15, -0.1) is 0 Å². The second-order valence-electron chi connectivity index (χ2n) is 0. The van der Waals surface area contributed by atoms with Crippen LogP contribution < -0.4 is 29.6 Å². The van der Waals surface area contributed by atoms with Crippen molar-refractivity contribution in [2.75, 3.05) is 0 Å². The molecule has 0 heterocycles. The van der Waals surface area contributed by atoms with Crippen molar-refractivity contribution in [2.45, 2.75) is 0 Å². The van der Waals surface area contributed by atoms with Crippen LogP contribution in [-0.2, 0) is 42.7 Å². The first kappa shape index (κ1) is 16.5. The summed E-state index contributed by atoms with van der Waals surface area (Å²) in [5.74, 6) is 0. The molecule has 4 heteroatoms. The zero-order chi connectivity index (χ0) is 2.00. The molecule has 0 saturated carbocycles. The molecule has 0 aromatic carbocycles. The summed E-state index contributed by atoms with van der Waals surface area (Å²) >= 11 is 0.700. The van der Waals surface area contributed by atoms with Gasteiger partial charge in [0.05, 0.1) is 0 Å². The van der Waals surface area contributed by atoms with Crippen molar-refractivity contribution in [3.05, 3.63) is 0 Å². The van der Waals surface area contributed by atoms with Crippen LogP contribution in [0.3, 0.4) is 0 Å². The normalized spacial score (nSPS) is 1.00. The molecule has 0 radical (unpaired) electrons. The van der Waals surface area contributed by atoms with Gasteiger partial charge in [-0.25, -0.2) is 0 Å². The summed E-state index contributed by atoms with van der Waals surface area (Å²) in [5.41, 5.74) is 0. The second kappa shape index (κ2) is 19.4. The molecule has 0 aliphatic carbocycles. The maximum Gasteiger partial charge on any atom is 0 e. The van der Waals surface area contributed by atoms with E-state index in [-0.39, 0.29) is 50.5 Å². The minimum atomic E-state index is 0. The molecule has 0 aliphatic heterocycles. The number of hydrogen-bond donors (Lipinski definition) is 0. The van der Waals surface area contributed by atoms with E-state index in [1.807, 2.05) is 0 Å². The average Bonchev–Trinajstić information content (AvgIpc) is 1.00. The summed E-state index contributed by atoms with van der Waals surface area (Å²) in [4.78, 5) is 0. The Morgan fingerprint density at radius 1 is 1.50 bits per heavy atom.